The lowest BCUT2D eigenvalue weighted by Crippen LogP contribution is -2.33. The fourth-order valence-corrected chi connectivity index (χ4v) is 2.75. The van der Waals surface area contributed by atoms with Gasteiger partial charge in [0, 0.05) is 0 Å². The summed E-state index contributed by atoms with van der Waals surface area (Å²) < 4.78 is 0. The second-order valence-corrected chi connectivity index (χ2v) is 5.58. The maximum Gasteiger partial charge on any atom is -0.0298 e. The van der Waals surface area contributed by atoms with Gasteiger partial charge in [0.05, 0.1) is 0 Å². The van der Waals surface area contributed by atoms with Crippen molar-refractivity contribution < 1.29 is 0 Å². The van der Waals surface area contributed by atoms with Crippen LogP contribution in [0.3, 0.4) is 0 Å². The van der Waals surface area contributed by atoms with Crippen molar-refractivity contribution in [3.8, 4) is 0 Å². The molecule has 1 atom stereocenters. The molecular formula is C12H22. The zero-order valence-corrected chi connectivity index (χ0v) is 8.77. The minimum absolute atomic E-state index is 0.644. The van der Waals surface area contributed by atoms with Crippen LogP contribution in [0, 0.1) is 23.2 Å². The van der Waals surface area contributed by atoms with Gasteiger partial charge in [-0.15, -0.1) is 0 Å². The maximum atomic E-state index is 2.49. The van der Waals surface area contributed by atoms with Crippen molar-refractivity contribution in [1.82, 2.24) is 0 Å². The van der Waals surface area contributed by atoms with E-state index in [1.807, 2.05) is 0 Å². The Bertz CT molecular complexity index is 161. The molecule has 0 saturated heterocycles. The topological polar surface area (TPSA) is 0 Å². The molecule has 0 heterocycles. The van der Waals surface area contributed by atoms with E-state index in [0.29, 0.717) is 5.41 Å². The third-order valence-electron chi connectivity index (χ3n) is 4.66. The van der Waals surface area contributed by atoms with Gasteiger partial charge in [0.25, 0.3) is 0 Å². The zero-order valence-electron chi connectivity index (χ0n) is 8.77. The normalized spacial score (nSPS) is 28.2. The third-order valence-corrected chi connectivity index (χ3v) is 4.66. The van der Waals surface area contributed by atoms with Crippen molar-refractivity contribution in [2.75, 3.05) is 0 Å². The summed E-state index contributed by atoms with van der Waals surface area (Å²) in [5, 5.41) is 0. The van der Waals surface area contributed by atoms with Crippen molar-refractivity contribution in [3.63, 3.8) is 0 Å². The number of rotatable bonds is 3. The minimum atomic E-state index is 0.644. The van der Waals surface area contributed by atoms with Crippen LogP contribution in [0.25, 0.3) is 0 Å². The Labute approximate surface area is 76.7 Å². The molecule has 2 aliphatic carbocycles. The Morgan fingerprint density at radius 1 is 1.08 bits per heavy atom. The van der Waals surface area contributed by atoms with Crippen LogP contribution in [0.1, 0.15) is 52.9 Å². The van der Waals surface area contributed by atoms with Gasteiger partial charge in [-0.1, -0.05) is 40.0 Å². The van der Waals surface area contributed by atoms with Crippen LogP contribution in [-0.4, -0.2) is 0 Å². The molecule has 0 spiro atoms. The monoisotopic (exact) mass is 166 g/mol. The Kier molecular flexibility index (Phi) is 1.97. The Balaban J connectivity index is 1.95. The molecule has 2 fully saturated rings. The molecule has 0 aliphatic heterocycles. The van der Waals surface area contributed by atoms with E-state index in [2.05, 4.69) is 20.8 Å². The molecule has 2 aliphatic rings. The quantitative estimate of drug-likeness (QED) is 0.597. The first-order chi connectivity index (χ1) is 5.62. The summed E-state index contributed by atoms with van der Waals surface area (Å²) in [5.74, 6) is 3.10. The van der Waals surface area contributed by atoms with Gasteiger partial charge in [0.15, 0.2) is 0 Å². The van der Waals surface area contributed by atoms with Gasteiger partial charge in [-0.25, -0.2) is 0 Å². The lowest BCUT2D eigenvalue weighted by molar-refractivity contribution is 0.0799. The van der Waals surface area contributed by atoms with Crippen LogP contribution >= 0.6 is 0 Å². The van der Waals surface area contributed by atoms with Gasteiger partial charge in [-0.05, 0) is 36.0 Å². The van der Waals surface area contributed by atoms with E-state index in [1.165, 1.54) is 32.1 Å². The molecule has 0 amide bonds. The minimum Gasteiger partial charge on any atom is -0.0617 e. The van der Waals surface area contributed by atoms with Crippen LogP contribution in [0.15, 0.2) is 0 Å². The second kappa shape index (κ2) is 2.75. The molecule has 12 heavy (non-hydrogen) atoms. The molecule has 1 unspecified atom stereocenters. The van der Waals surface area contributed by atoms with E-state index >= 15 is 0 Å². The van der Waals surface area contributed by atoms with E-state index < -0.39 is 0 Å². The highest BCUT2D eigenvalue weighted by atomic mass is 14.5. The molecule has 0 heteroatoms. The van der Waals surface area contributed by atoms with E-state index in [0.717, 1.165) is 17.8 Å². The van der Waals surface area contributed by atoms with Gasteiger partial charge >= 0.3 is 0 Å². The highest BCUT2D eigenvalue weighted by Gasteiger charge is 2.44. The highest BCUT2D eigenvalue weighted by molar-refractivity contribution is 4.94. The van der Waals surface area contributed by atoms with E-state index in [-0.39, 0.29) is 0 Å². The number of hydrogen-bond donors (Lipinski definition) is 0. The van der Waals surface area contributed by atoms with E-state index in [1.54, 1.807) is 0 Å². The van der Waals surface area contributed by atoms with Crippen molar-refractivity contribution in [2.45, 2.75) is 52.9 Å². The number of hydrogen-bond acceptors (Lipinski definition) is 0. The van der Waals surface area contributed by atoms with Crippen molar-refractivity contribution in [1.29, 1.82) is 0 Å². The molecule has 0 aromatic heterocycles. The standard InChI is InChI=1S/C12H22/c1-9(10-5-4-6-10)12(2,3)11-7-8-11/h9-11H,4-8H2,1-3H3. The van der Waals surface area contributed by atoms with Crippen LogP contribution in [0.2, 0.25) is 0 Å². The Hall–Kier alpha value is 0. The van der Waals surface area contributed by atoms with Crippen LogP contribution < -0.4 is 0 Å². The van der Waals surface area contributed by atoms with Crippen LogP contribution in [0.5, 0.6) is 0 Å². The van der Waals surface area contributed by atoms with Crippen LogP contribution in [0.4, 0.5) is 0 Å². The summed E-state index contributed by atoms with van der Waals surface area (Å²) in [5.41, 5.74) is 0.644. The Morgan fingerprint density at radius 3 is 2.00 bits per heavy atom. The first-order valence-electron chi connectivity index (χ1n) is 5.62. The average molecular weight is 166 g/mol. The fraction of sp³-hybridized carbons (Fsp3) is 1.00. The van der Waals surface area contributed by atoms with Gasteiger partial charge in [-0.2, -0.15) is 0 Å². The van der Waals surface area contributed by atoms with Gasteiger partial charge in [-0.3, -0.25) is 0 Å². The summed E-state index contributed by atoms with van der Waals surface area (Å²) in [4.78, 5) is 0. The molecule has 2 rings (SSSR count). The molecule has 0 bridgehead atoms. The third kappa shape index (κ3) is 1.30. The average Bonchev–Trinajstić information content (AvgIpc) is 2.62. The summed E-state index contributed by atoms with van der Waals surface area (Å²) in [7, 11) is 0. The first kappa shape index (κ1) is 8.59. The highest BCUT2D eigenvalue weighted by Crippen LogP contribution is 2.54. The molecule has 0 aromatic rings. The molecule has 70 valence electrons. The molecule has 0 radical (unpaired) electrons. The molecule has 0 nitrogen and oxygen atoms in total. The van der Waals surface area contributed by atoms with Gasteiger partial charge < -0.3 is 0 Å². The SMILES string of the molecule is CC(C1CCC1)C(C)(C)C1CC1. The lowest BCUT2D eigenvalue weighted by atomic mass is 9.64. The largest absolute Gasteiger partial charge is 0.0617 e. The first-order valence-corrected chi connectivity index (χ1v) is 5.62. The van der Waals surface area contributed by atoms with Crippen molar-refractivity contribution in [3.05, 3.63) is 0 Å². The second-order valence-electron chi connectivity index (χ2n) is 5.58. The lowest BCUT2D eigenvalue weighted by Gasteiger charge is -2.42. The van der Waals surface area contributed by atoms with Crippen molar-refractivity contribution in [2.24, 2.45) is 23.2 Å². The summed E-state index contributed by atoms with van der Waals surface area (Å²) in [6.07, 6.45) is 7.53. The van der Waals surface area contributed by atoms with Crippen LogP contribution in [-0.2, 0) is 0 Å². The molecule has 2 saturated carbocycles. The molecule has 0 aromatic carbocycles. The van der Waals surface area contributed by atoms with E-state index in [9.17, 15) is 0 Å². The van der Waals surface area contributed by atoms with Gasteiger partial charge in [0.2, 0.25) is 0 Å². The van der Waals surface area contributed by atoms with Gasteiger partial charge in [0.1, 0.15) is 0 Å². The smallest absolute Gasteiger partial charge is 0.0298 e. The Morgan fingerprint density at radius 2 is 1.67 bits per heavy atom. The molecule has 0 N–H and O–H groups in total. The maximum absolute atomic E-state index is 2.49. The summed E-state index contributed by atoms with van der Waals surface area (Å²) in [6, 6.07) is 0. The fourth-order valence-electron chi connectivity index (χ4n) is 2.75. The molecular weight excluding hydrogens is 144 g/mol. The van der Waals surface area contributed by atoms with E-state index in [4.69, 9.17) is 0 Å². The summed E-state index contributed by atoms with van der Waals surface area (Å²) in [6.45, 7) is 7.48. The van der Waals surface area contributed by atoms with Crippen molar-refractivity contribution >= 4 is 0 Å². The zero-order chi connectivity index (χ0) is 8.77. The predicted molar refractivity (Wildman–Crippen MR) is 53.0 cm³/mol. The predicted octanol–water partition coefficient (Wildman–Crippen LogP) is 3.86. The summed E-state index contributed by atoms with van der Waals surface area (Å²) >= 11 is 0.